The van der Waals surface area contributed by atoms with E-state index in [1.165, 1.54) is 36.8 Å². The number of hydrogen-bond donors (Lipinski definition) is 1. The van der Waals surface area contributed by atoms with E-state index < -0.39 is 0 Å². The summed E-state index contributed by atoms with van der Waals surface area (Å²) in [6.45, 7) is 5.97. The van der Waals surface area contributed by atoms with Crippen LogP contribution in [0.2, 0.25) is 0 Å². The van der Waals surface area contributed by atoms with Crippen molar-refractivity contribution >= 4 is 0 Å². The number of hydrogen-bond acceptors (Lipinski definition) is 2. The molecule has 0 bridgehead atoms. The zero-order chi connectivity index (χ0) is 17.9. The van der Waals surface area contributed by atoms with E-state index in [9.17, 15) is 0 Å². The van der Waals surface area contributed by atoms with Gasteiger partial charge < -0.3 is 10.5 Å². The summed E-state index contributed by atoms with van der Waals surface area (Å²) < 4.78 is 6.01. The molecule has 25 heavy (non-hydrogen) atoms. The van der Waals surface area contributed by atoms with E-state index in [1.54, 1.807) is 0 Å². The summed E-state index contributed by atoms with van der Waals surface area (Å²) >= 11 is 0. The number of rotatable bonds is 11. The normalized spacial score (nSPS) is 13.4. The Morgan fingerprint density at radius 1 is 0.960 bits per heavy atom. The van der Waals surface area contributed by atoms with E-state index in [0.29, 0.717) is 18.4 Å². The third-order valence-electron chi connectivity index (χ3n) is 4.99. The Labute approximate surface area is 153 Å². The monoisotopic (exact) mass is 339 g/mol. The van der Waals surface area contributed by atoms with Crippen LogP contribution in [0.1, 0.15) is 56.6 Å². The lowest BCUT2D eigenvalue weighted by molar-refractivity contribution is 0.233. The standard InChI is InChI=1S/C23H33NO/c1-3-5-9-19(4-2)18-25-23-14-12-21(13-15-23)22(17-24)16-20-10-7-6-8-11-20/h6-8,10-15,19,22H,3-5,9,16-18,24H2,1-2H3. The maximum Gasteiger partial charge on any atom is 0.119 e. The molecule has 2 atom stereocenters. The third-order valence-corrected chi connectivity index (χ3v) is 4.99. The molecule has 0 heterocycles. The summed E-state index contributed by atoms with van der Waals surface area (Å²) in [5, 5.41) is 0. The Kier molecular flexibility index (Phi) is 8.54. The Morgan fingerprint density at radius 2 is 1.68 bits per heavy atom. The first-order valence-electron chi connectivity index (χ1n) is 9.73. The van der Waals surface area contributed by atoms with Gasteiger partial charge in [-0.15, -0.1) is 0 Å². The second-order valence-corrected chi connectivity index (χ2v) is 6.92. The molecule has 0 amide bonds. The predicted octanol–water partition coefficient (Wildman–Crippen LogP) is 5.57. The van der Waals surface area contributed by atoms with Crippen LogP contribution in [-0.4, -0.2) is 13.2 Å². The van der Waals surface area contributed by atoms with Crippen molar-refractivity contribution < 1.29 is 4.74 Å². The molecular formula is C23H33NO. The molecule has 0 saturated heterocycles. The lowest BCUT2D eigenvalue weighted by Crippen LogP contribution is -2.15. The molecule has 0 aliphatic carbocycles. The highest BCUT2D eigenvalue weighted by Gasteiger charge is 2.11. The van der Waals surface area contributed by atoms with Gasteiger partial charge in [-0.3, -0.25) is 0 Å². The molecule has 0 aromatic heterocycles. The van der Waals surface area contributed by atoms with Gasteiger partial charge in [-0.1, -0.05) is 75.6 Å². The molecule has 0 saturated carbocycles. The van der Waals surface area contributed by atoms with E-state index in [2.05, 4.69) is 68.4 Å². The smallest absolute Gasteiger partial charge is 0.119 e. The molecule has 2 rings (SSSR count). The van der Waals surface area contributed by atoms with E-state index >= 15 is 0 Å². The first-order valence-corrected chi connectivity index (χ1v) is 9.73. The lowest BCUT2D eigenvalue weighted by atomic mass is 9.92. The van der Waals surface area contributed by atoms with Crippen LogP contribution in [0.4, 0.5) is 0 Å². The van der Waals surface area contributed by atoms with Gasteiger partial charge in [0.1, 0.15) is 5.75 Å². The van der Waals surface area contributed by atoms with Gasteiger partial charge in [0.2, 0.25) is 0 Å². The molecule has 0 spiro atoms. The molecule has 2 aromatic rings. The van der Waals surface area contributed by atoms with Crippen molar-refractivity contribution in [2.45, 2.75) is 51.9 Å². The summed E-state index contributed by atoms with van der Waals surface area (Å²) in [6, 6.07) is 19.1. The SMILES string of the molecule is CCCCC(CC)COc1ccc(C(CN)Cc2ccccc2)cc1. The molecule has 2 unspecified atom stereocenters. The van der Waals surface area contributed by atoms with Crippen molar-refractivity contribution in [3.63, 3.8) is 0 Å². The number of benzene rings is 2. The zero-order valence-electron chi connectivity index (χ0n) is 15.8. The molecular weight excluding hydrogens is 306 g/mol. The minimum absolute atomic E-state index is 0.351. The fraction of sp³-hybridized carbons (Fsp3) is 0.478. The van der Waals surface area contributed by atoms with Crippen molar-refractivity contribution in [2.24, 2.45) is 11.7 Å². The molecule has 2 aromatic carbocycles. The van der Waals surface area contributed by atoms with Gasteiger partial charge in [0.15, 0.2) is 0 Å². The summed E-state index contributed by atoms with van der Waals surface area (Å²) in [5.41, 5.74) is 8.64. The lowest BCUT2D eigenvalue weighted by Gasteiger charge is -2.18. The minimum Gasteiger partial charge on any atom is -0.493 e. The van der Waals surface area contributed by atoms with Crippen molar-refractivity contribution in [1.29, 1.82) is 0 Å². The number of ether oxygens (including phenoxy) is 1. The van der Waals surface area contributed by atoms with Crippen LogP contribution < -0.4 is 10.5 Å². The van der Waals surface area contributed by atoms with Crippen LogP contribution in [0, 0.1) is 5.92 Å². The van der Waals surface area contributed by atoms with Crippen LogP contribution in [-0.2, 0) is 6.42 Å². The van der Waals surface area contributed by atoms with Crippen LogP contribution in [0.15, 0.2) is 54.6 Å². The Morgan fingerprint density at radius 3 is 2.28 bits per heavy atom. The van der Waals surface area contributed by atoms with E-state index in [1.807, 2.05) is 0 Å². The minimum atomic E-state index is 0.351. The Balaban J connectivity index is 1.91. The third kappa shape index (κ3) is 6.55. The van der Waals surface area contributed by atoms with Crippen LogP contribution >= 0.6 is 0 Å². The van der Waals surface area contributed by atoms with Gasteiger partial charge in [0, 0.05) is 5.92 Å². The second-order valence-electron chi connectivity index (χ2n) is 6.92. The summed E-state index contributed by atoms with van der Waals surface area (Å²) in [6.07, 6.45) is 5.97. The van der Waals surface area contributed by atoms with E-state index in [4.69, 9.17) is 10.5 Å². The molecule has 136 valence electrons. The first kappa shape index (κ1) is 19.5. The van der Waals surface area contributed by atoms with Crippen molar-refractivity contribution in [3.05, 3.63) is 65.7 Å². The molecule has 0 fully saturated rings. The molecule has 2 heteroatoms. The van der Waals surface area contributed by atoms with Crippen molar-refractivity contribution in [3.8, 4) is 5.75 Å². The maximum absolute atomic E-state index is 6.02. The van der Waals surface area contributed by atoms with Gasteiger partial charge >= 0.3 is 0 Å². The van der Waals surface area contributed by atoms with Crippen molar-refractivity contribution in [2.75, 3.05) is 13.2 Å². The molecule has 2 N–H and O–H groups in total. The Bertz CT molecular complexity index is 579. The summed E-state index contributed by atoms with van der Waals surface area (Å²) in [4.78, 5) is 0. The molecule has 0 aliphatic rings. The summed E-state index contributed by atoms with van der Waals surface area (Å²) in [5.74, 6) is 1.98. The van der Waals surface area contributed by atoms with Gasteiger partial charge in [0.25, 0.3) is 0 Å². The van der Waals surface area contributed by atoms with E-state index in [0.717, 1.165) is 18.8 Å². The van der Waals surface area contributed by atoms with Gasteiger partial charge in [-0.05, 0) is 48.6 Å². The van der Waals surface area contributed by atoms with Gasteiger partial charge in [-0.2, -0.15) is 0 Å². The fourth-order valence-corrected chi connectivity index (χ4v) is 3.18. The molecule has 0 aliphatic heterocycles. The van der Waals surface area contributed by atoms with Gasteiger partial charge in [0.05, 0.1) is 6.61 Å². The average Bonchev–Trinajstić information content (AvgIpc) is 2.67. The topological polar surface area (TPSA) is 35.2 Å². The maximum atomic E-state index is 6.02. The average molecular weight is 340 g/mol. The fourth-order valence-electron chi connectivity index (χ4n) is 3.18. The van der Waals surface area contributed by atoms with Crippen LogP contribution in [0.25, 0.3) is 0 Å². The van der Waals surface area contributed by atoms with Crippen LogP contribution in [0.3, 0.4) is 0 Å². The quantitative estimate of drug-likeness (QED) is 0.581. The largest absolute Gasteiger partial charge is 0.493 e. The number of unbranched alkanes of at least 4 members (excludes halogenated alkanes) is 1. The highest BCUT2D eigenvalue weighted by atomic mass is 16.5. The van der Waals surface area contributed by atoms with Crippen LogP contribution in [0.5, 0.6) is 5.75 Å². The predicted molar refractivity (Wildman–Crippen MR) is 107 cm³/mol. The Hall–Kier alpha value is -1.80. The van der Waals surface area contributed by atoms with Crippen molar-refractivity contribution in [1.82, 2.24) is 0 Å². The zero-order valence-corrected chi connectivity index (χ0v) is 15.8. The number of nitrogens with two attached hydrogens (primary N) is 1. The first-order chi connectivity index (χ1) is 12.3. The second kappa shape index (κ2) is 10.9. The van der Waals surface area contributed by atoms with Gasteiger partial charge in [-0.25, -0.2) is 0 Å². The highest BCUT2D eigenvalue weighted by Crippen LogP contribution is 2.23. The molecule has 0 radical (unpaired) electrons. The summed E-state index contributed by atoms with van der Waals surface area (Å²) in [7, 11) is 0. The highest BCUT2D eigenvalue weighted by molar-refractivity contribution is 5.31. The molecule has 2 nitrogen and oxygen atoms in total. The van der Waals surface area contributed by atoms with E-state index in [-0.39, 0.29) is 0 Å².